The Morgan fingerprint density at radius 3 is 2.53 bits per heavy atom. The fourth-order valence-electron chi connectivity index (χ4n) is 3.54. The molecule has 3 amide bonds. The van der Waals surface area contributed by atoms with Crippen LogP contribution in [0.25, 0.3) is 11.3 Å². The van der Waals surface area contributed by atoms with Crippen molar-refractivity contribution in [3.05, 3.63) is 35.8 Å². The van der Waals surface area contributed by atoms with Gasteiger partial charge in [-0.1, -0.05) is 0 Å². The van der Waals surface area contributed by atoms with Crippen LogP contribution in [0.3, 0.4) is 0 Å². The molecule has 2 heterocycles. The number of nitrogens with zero attached hydrogens (tertiary/aromatic N) is 4. The summed E-state index contributed by atoms with van der Waals surface area (Å²) in [6.07, 6.45) is -1.67. The molecule has 1 fully saturated rings. The molecule has 38 heavy (non-hydrogen) atoms. The molecule has 0 atom stereocenters. The smallest absolute Gasteiger partial charge is 0.369 e. The minimum Gasteiger partial charge on any atom is -0.494 e. The van der Waals surface area contributed by atoms with Gasteiger partial charge >= 0.3 is 6.10 Å². The van der Waals surface area contributed by atoms with Crippen LogP contribution < -0.4 is 26.0 Å². The molecular formula is C22H23FN8O7. The lowest BCUT2D eigenvalue weighted by atomic mass is 10.1. The average Bonchev–Trinajstić information content (AvgIpc) is 3.62. The summed E-state index contributed by atoms with van der Waals surface area (Å²) in [7, 11) is 2.88. The highest BCUT2D eigenvalue weighted by atomic mass is 19.1. The largest absolute Gasteiger partial charge is 0.494 e. The van der Waals surface area contributed by atoms with Crippen molar-refractivity contribution >= 4 is 41.2 Å². The van der Waals surface area contributed by atoms with Crippen molar-refractivity contribution in [2.24, 2.45) is 13.0 Å². The van der Waals surface area contributed by atoms with Crippen LogP contribution >= 0.6 is 0 Å². The van der Waals surface area contributed by atoms with Gasteiger partial charge in [0, 0.05) is 36.7 Å². The van der Waals surface area contributed by atoms with Gasteiger partial charge in [-0.2, -0.15) is 5.10 Å². The van der Waals surface area contributed by atoms with Crippen LogP contribution in [0.5, 0.6) is 5.75 Å². The van der Waals surface area contributed by atoms with E-state index in [0.717, 1.165) is 25.0 Å². The molecule has 1 aliphatic rings. The Morgan fingerprint density at radius 1 is 1.16 bits per heavy atom. The number of nitrogens with one attached hydrogen (secondary N) is 4. The second-order valence-corrected chi connectivity index (χ2v) is 8.30. The Kier molecular flexibility index (Phi) is 7.20. The van der Waals surface area contributed by atoms with Gasteiger partial charge in [-0.25, -0.2) is 4.39 Å². The van der Waals surface area contributed by atoms with E-state index in [0.29, 0.717) is 12.2 Å². The monoisotopic (exact) mass is 530 g/mol. The van der Waals surface area contributed by atoms with Crippen molar-refractivity contribution in [1.82, 2.24) is 25.3 Å². The maximum absolute atomic E-state index is 14.8. The van der Waals surface area contributed by atoms with Gasteiger partial charge in [-0.15, -0.1) is 10.2 Å². The Balaban J connectivity index is 1.77. The van der Waals surface area contributed by atoms with E-state index in [2.05, 4.69) is 31.2 Å². The fourth-order valence-corrected chi connectivity index (χ4v) is 3.54. The van der Waals surface area contributed by atoms with Crippen LogP contribution in [-0.2, 0) is 16.6 Å². The normalized spacial score (nSPS) is 13.0. The lowest BCUT2D eigenvalue weighted by molar-refractivity contribution is -0.323. The molecule has 1 aliphatic carbocycles. The van der Waals surface area contributed by atoms with E-state index in [1.54, 1.807) is 7.05 Å². The SMILES string of the molecule is COc1c(Nc2cc(NC(=O)C3CC3)nnc2C(=O)NC(O)(O)O)cc(F)cc1-c1cc(NC=O)n(C)n1. The molecule has 1 saturated carbocycles. The van der Waals surface area contributed by atoms with E-state index >= 15 is 0 Å². The van der Waals surface area contributed by atoms with Gasteiger partial charge in [0.15, 0.2) is 17.3 Å². The van der Waals surface area contributed by atoms with Crippen LogP contribution in [0.1, 0.15) is 23.3 Å². The number of aryl methyl sites for hydroxylation is 1. The number of anilines is 4. The first-order valence-corrected chi connectivity index (χ1v) is 11.1. The van der Waals surface area contributed by atoms with E-state index in [9.17, 15) is 18.8 Å². The van der Waals surface area contributed by atoms with Crippen molar-refractivity contribution in [1.29, 1.82) is 0 Å². The third-order valence-electron chi connectivity index (χ3n) is 5.38. The van der Waals surface area contributed by atoms with E-state index in [1.165, 1.54) is 29.2 Å². The first-order valence-electron chi connectivity index (χ1n) is 11.1. The zero-order chi connectivity index (χ0) is 27.6. The molecule has 0 radical (unpaired) electrons. The summed E-state index contributed by atoms with van der Waals surface area (Å²) in [5.41, 5.74) is -0.293. The number of ether oxygens (including phenoxy) is 1. The highest BCUT2D eigenvalue weighted by molar-refractivity contribution is 6.00. The summed E-state index contributed by atoms with van der Waals surface area (Å²) in [6, 6.07) is 4.90. The second kappa shape index (κ2) is 10.4. The Labute approximate surface area is 213 Å². The summed E-state index contributed by atoms with van der Waals surface area (Å²) in [5.74, 6) is -2.11. The number of benzene rings is 1. The van der Waals surface area contributed by atoms with Crippen molar-refractivity contribution in [2.75, 3.05) is 23.1 Å². The Bertz CT molecular complexity index is 1400. The van der Waals surface area contributed by atoms with Crippen molar-refractivity contribution in [3.8, 4) is 17.0 Å². The number of aliphatic hydroxyl groups is 3. The van der Waals surface area contributed by atoms with E-state index in [-0.39, 0.29) is 46.0 Å². The quantitative estimate of drug-likeness (QED) is 0.137. The molecule has 0 aliphatic heterocycles. The molecule has 7 N–H and O–H groups in total. The fraction of sp³-hybridized carbons (Fsp3) is 0.273. The molecule has 3 aromatic rings. The second-order valence-electron chi connectivity index (χ2n) is 8.30. The lowest BCUT2D eigenvalue weighted by Crippen LogP contribution is -2.48. The molecule has 16 heteroatoms. The Morgan fingerprint density at radius 2 is 1.89 bits per heavy atom. The van der Waals surface area contributed by atoms with E-state index < -0.39 is 23.5 Å². The number of hydrogen-bond acceptors (Lipinski definition) is 11. The summed E-state index contributed by atoms with van der Waals surface area (Å²) >= 11 is 0. The van der Waals surface area contributed by atoms with E-state index in [4.69, 9.17) is 20.1 Å². The molecule has 0 bridgehead atoms. The van der Waals surface area contributed by atoms with Crippen molar-refractivity contribution < 1.29 is 38.8 Å². The molecule has 2 aromatic heterocycles. The van der Waals surface area contributed by atoms with Gasteiger partial charge in [-0.05, 0) is 18.9 Å². The summed E-state index contributed by atoms with van der Waals surface area (Å²) in [6.45, 7) is 0. The average molecular weight is 530 g/mol. The molecule has 200 valence electrons. The topological polar surface area (TPSA) is 213 Å². The van der Waals surface area contributed by atoms with Gasteiger partial charge in [-0.3, -0.25) is 24.4 Å². The number of rotatable bonds is 10. The minimum absolute atomic E-state index is 0.0113. The van der Waals surface area contributed by atoms with Crippen molar-refractivity contribution in [3.63, 3.8) is 0 Å². The first kappa shape index (κ1) is 26.4. The van der Waals surface area contributed by atoms with Crippen LogP contribution in [0.4, 0.5) is 27.4 Å². The molecule has 0 unspecified atom stereocenters. The van der Waals surface area contributed by atoms with Crippen LogP contribution in [0, 0.1) is 11.7 Å². The molecule has 0 spiro atoms. The highest BCUT2D eigenvalue weighted by Gasteiger charge is 2.31. The van der Waals surface area contributed by atoms with Gasteiger partial charge in [0.05, 0.1) is 24.2 Å². The molecule has 0 saturated heterocycles. The summed E-state index contributed by atoms with van der Waals surface area (Å²) in [5, 5.41) is 48.5. The van der Waals surface area contributed by atoms with Crippen LogP contribution in [-0.4, -0.2) is 66.7 Å². The summed E-state index contributed by atoms with van der Waals surface area (Å²) < 4.78 is 21.6. The zero-order valence-electron chi connectivity index (χ0n) is 20.0. The number of carbonyl (C=O) groups excluding carboxylic acids is 3. The molecule has 1 aromatic carbocycles. The third kappa shape index (κ3) is 6.00. The van der Waals surface area contributed by atoms with Gasteiger partial charge < -0.3 is 36.0 Å². The minimum atomic E-state index is -3.56. The predicted molar refractivity (Wildman–Crippen MR) is 128 cm³/mol. The summed E-state index contributed by atoms with van der Waals surface area (Å²) in [4.78, 5) is 35.6. The number of amides is 3. The van der Waals surface area contributed by atoms with Gasteiger partial charge in [0.2, 0.25) is 12.3 Å². The maximum atomic E-state index is 14.8. The standard InChI is InChI=1S/C22H23FN8O7/c1-31-17(24-9-32)8-13(30-31)12-5-11(23)6-15(19(12)38-2)25-14-7-16(26-20(33)10-3-4-10)28-29-18(14)21(34)27-22(35,36)37/h5-10,35-37H,3-4H2,1-2H3,(H,24,32)(H,27,34)(H2,25,26,28,33). The lowest BCUT2D eigenvalue weighted by Gasteiger charge is -2.18. The molecule has 4 rings (SSSR count). The maximum Gasteiger partial charge on any atom is 0.369 e. The third-order valence-corrected chi connectivity index (χ3v) is 5.38. The number of halogens is 1. The number of carbonyl (C=O) groups is 3. The Hall–Kier alpha value is -4.67. The van der Waals surface area contributed by atoms with Crippen LogP contribution in [0.2, 0.25) is 0 Å². The van der Waals surface area contributed by atoms with Crippen molar-refractivity contribution in [2.45, 2.75) is 18.9 Å². The van der Waals surface area contributed by atoms with Gasteiger partial charge in [0.1, 0.15) is 11.6 Å². The first-order chi connectivity index (χ1) is 18.0. The number of hydrogen-bond donors (Lipinski definition) is 7. The zero-order valence-corrected chi connectivity index (χ0v) is 20.0. The highest BCUT2D eigenvalue weighted by Crippen LogP contribution is 2.39. The predicted octanol–water partition coefficient (Wildman–Crippen LogP) is 0.00320. The van der Waals surface area contributed by atoms with E-state index in [1.807, 2.05) is 0 Å². The number of methoxy groups -OCH3 is 1. The number of aromatic nitrogens is 4. The van der Waals surface area contributed by atoms with Crippen LogP contribution in [0.15, 0.2) is 24.3 Å². The van der Waals surface area contributed by atoms with Gasteiger partial charge in [0.25, 0.3) is 5.91 Å². The molecule has 15 nitrogen and oxygen atoms in total. The molecular weight excluding hydrogens is 507 g/mol.